The van der Waals surface area contributed by atoms with E-state index in [1.807, 2.05) is 78.8 Å². The van der Waals surface area contributed by atoms with Gasteiger partial charge in [0.25, 0.3) is 0 Å². The van der Waals surface area contributed by atoms with E-state index in [0.29, 0.717) is 0 Å². The van der Waals surface area contributed by atoms with Crippen LogP contribution in [0.3, 0.4) is 0 Å². The fourth-order valence-electron chi connectivity index (χ4n) is 3.46. The van der Waals surface area contributed by atoms with Crippen molar-refractivity contribution in [3.05, 3.63) is 88.2 Å². The van der Waals surface area contributed by atoms with Gasteiger partial charge >= 0.3 is 0 Å². The zero-order chi connectivity index (χ0) is 17.4. The van der Waals surface area contributed by atoms with Crippen molar-refractivity contribution in [2.24, 2.45) is 0 Å². The Hall–Kier alpha value is -3.21. The molecule has 0 spiro atoms. The maximum atomic E-state index is 11.3. The molecule has 5 heteroatoms. The Bertz CT molecular complexity index is 997. The van der Waals surface area contributed by atoms with E-state index in [4.69, 9.17) is 4.98 Å². The first-order valence-corrected chi connectivity index (χ1v) is 8.15. The fraction of sp³-hybridized carbons (Fsp3) is 0.150. The molecule has 1 aliphatic rings. The Morgan fingerprint density at radius 2 is 1.84 bits per heavy atom. The van der Waals surface area contributed by atoms with E-state index in [2.05, 4.69) is 0 Å². The van der Waals surface area contributed by atoms with Crippen LogP contribution in [-0.4, -0.2) is 23.5 Å². The molecule has 0 aliphatic carbocycles. The van der Waals surface area contributed by atoms with Crippen LogP contribution in [0.4, 0.5) is 5.69 Å². The van der Waals surface area contributed by atoms with Gasteiger partial charge in [0.2, 0.25) is 6.54 Å². The molecule has 0 radical (unpaired) electrons. The summed E-state index contributed by atoms with van der Waals surface area (Å²) in [4.78, 5) is 17.8. The molecule has 0 fully saturated rings. The maximum Gasteiger partial charge on any atom is 0.214 e. The lowest BCUT2D eigenvalue weighted by Crippen LogP contribution is -2.24. The molecule has 3 aromatic rings. The molecule has 124 valence electrons. The number of hydrogen-bond acceptors (Lipinski definition) is 4. The number of fused-ring (bicyclic) bond motifs is 2. The molecule has 25 heavy (non-hydrogen) atoms. The van der Waals surface area contributed by atoms with Gasteiger partial charge in [0.05, 0.1) is 17.1 Å². The Morgan fingerprint density at radius 3 is 2.68 bits per heavy atom. The first-order chi connectivity index (χ1) is 12.1. The molecule has 2 aromatic carbocycles. The van der Waals surface area contributed by atoms with Crippen molar-refractivity contribution < 1.29 is 4.92 Å². The predicted molar refractivity (Wildman–Crippen MR) is 99.2 cm³/mol. The quantitative estimate of drug-likeness (QED) is 0.536. The average Bonchev–Trinajstić information content (AvgIpc) is 2.63. The molecule has 1 aliphatic heterocycles. The van der Waals surface area contributed by atoms with E-state index in [1.165, 1.54) is 0 Å². The summed E-state index contributed by atoms with van der Waals surface area (Å²) in [5.41, 5.74) is 4.52. The highest BCUT2D eigenvalue weighted by atomic mass is 16.6. The van der Waals surface area contributed by atoms with Gasteiger partial charge in [-0.1, -0.05) is 42.5 Å². The first kappa shape index (κ1) is 15.3. The molecular formula is C20H17N3O2. The lowest BCUT2D eigenvalue weighted by Gasteiger charge is -2.30. The number of benzene rings is 2. The summed E-state index contributed by atoms with van der Waals surface area (Å²) >= 11 is 0. The first-order valence-electron chi connectivity index (χ1n) is 8.15. The Balaban J connectivity index is 1.86. The minimum absolute atomic E-state index is 0.148. The van der Waals surface area contributed by atoms with Gasteiger partial charge in [-0.25, -0.2) is 4.98 Å². The second kappa shape index (κ2) is 6.02. The van der Waals surface area contributed by atoms with E-state index >= 15 is 0 Å². The van der Waals surface area contributed by atoms with Crippen molar-refractivity contribution in [1.82, 2.24) is 4.98 Å². The maximum absolute atomic E-state index is 11.3. The number of rotatable bonds is 3. The monoisotopic (exact) mass is 331 g/mol. The topological polar surface area (TPSA) is 59.3 Å². The van der Waals surface area contributed by atoms with Crippen molar-refractivity contribution in [1.29, 1.82) is 0 Å². The molecule has 0 saturated carbocycles. The van der Waals surface area contributed by atoms with Crippen molar-refractivity contribution in [2.45, 2.75) is 5.92 Å². The van der Waals surface area contributed by atoms with Gasteiger partial charge in [-0.2, -0.15) is 0 Å². The standard InChI is InChI=1S/C20H17N3O2/c1-22-12-17(19-11-10-14-6-2-4-8-18(14)21-19)16(13-23(24)25)15-7-3-5-9-20(15)22/h2-12,16H,13H2,1H3/t16-/m0/s1. The molecule has 2 heterocycles. The molecule has 1 atom stereocenters. The molecular weight excluding hydrogens is 314 g/mol. The van der Waals surface area contributed by atoms with Crippen LogP contribution in [0.25, 0.3) is 16.5 Å². The van der Waals surface area contributed by atoms with Gasteiger partial charge in [0.15, 0.2) is 0 Å². The summed E-state index contributed by atoms with van der Waals surface area (Å²) in [7, 11) is 1.96. The van der Waals surface area contributed by atoms with E-state index < -0.39 is 0 Å². The van der Waals surface area contributed by atoms with Crippen LogP contribution in [0.15, 0.2) is 66.9 Å². The molecule has 0 amide bonds. The summed E-state index contributed by atoms with van der Waals surface area (Å²) in [5.74, 6) is -0.309. The normalized spacial score (nSPS) is 16.4. The Kier molecular flexibility index (Phi) is 3.69. The average molecular weight is 331 g/mol. The van der Waals surface area contributed by atoms with Gasteiger partial charge in [-0.15, -0.1) is 0 Å². The minimum Gasteiger partial charge on any atom is -0.350 e. The highest BCUT2D eigenvalue weighted by molar-refractivity contribution is 5.84. The third kappa shape index (κ3) is 2.74. The highest BCUT2D eigenvalue weighted by Gasteiger charge is 2.31. The second-order valence-electron chi connectivity index (χ2n) is 6.21. The highest BCUT2D eigenvalue weighted by Crippen LogP contribution is 2.41. The Labute approximate surface area is 145 Å². The van der Waals surface area contributed by atoms with Crippen LogP contribution in [0.2, 0.25) is 0 Å². The summed E-state index contributed by atoms with van der Waals surface area (Å²) in [6.07, 6.45) is 1.97. The summed E-state index contributed by atoms with van der Waals surface area (Å²) in [6.45, 7) is -0.148. The number of hydrogen-bond donors (Lipinski definition) is 0. The third-order valence-electron chi connectivity index (χ3n) is 4.63. The summed E-state index contributed by atoms with van der Waals surface area (Å²) in [5, 5.41) is 12.4. The van der Waals surface area contributed by atoms with Gasteiger partial charge in [0, 0.05) is 34.8 Å². The summed E-state index contributed by atoms with van der Waals surface area (Å²) in [6, 6.07) is 19.7. The molecule has 1 aromatic heterocycles. The fourth-order valence-corrected chi connectivity index (χ4v) is 3.46. The van der Waals surface area contributed by atoms with Gasteiger partial charge in [0.1, 0.15) is 0 Å². The minimum atomic E-state index is -0.309. The number of pyridine rings is 1. The molecule has 0 unspecified atom stereocenters. The molecule has 0 bridgehead atoms. The van der Waals surface area contributed by atoms with Crippen molar-refractivity contribution in [2.75, 3.05) is 18.5 Å². The number of anilines is 1. The molecule has 0 saturated heterocycles. The smallest absolute Gasteiger partial charge is 0.214 e. The van der Waals surface area contributed by atoms with Crippen LogP contribution in [0.5, 0.6) is 0 Å². The van der Waals surface area contributed by atoms with Gasteiger partial charge < -0.3 is 4.90 Å². The Morgan fingerprint density at radius 1 is 1.08 bits per heavy atom. The van der Waals surface area contributed by atoms with Gasteiger partial charge in [-0.05, 0) is 23.8 Å². The van der Waals surface area contributed by atoms with Crippen molar-refractivity contribution in [3.8, 4) is 0 Å². The van der Waals surface area contributed by atoms with Crippen molar-refractivity contribution in [3.63, 3.8) is 0 Å². The number of aromatic nitrogens is 1. The summed E-state index contributed by atoms with van der Waals surface area (Å²) < 4.78 is 0. The SMILES string of the molecule is CN1C=C(c2ccc3ccccc3n2)[C@@H](C[N+](=O)[O-])c2ccccc21. The van der Waals surface area contributed by atoms with E-state index in [0.717, 1.165) is 33.4 Å². The van der Waals surface area contributed by atoms with E-state index in [-0.39, 0.29) is 17.4 Å². The largest absolute Gasteiger partial charge is 0.350 e. The van der Waals surface area contributed by atoms with E-state index in [9.17, 15) is 10.1 Å². The van der Waals surface area contributed by atoms with Crippen LogP contribution in [0, 0.1) is 10.1 Å². The number of nitrogens with zero attached hydrogens (tertiary/aromatic N) is 3. The van der Waals surface area contributed by atoms with E-state index in [1.54, 1.807) is 0 Å². The lowest BCUT2D eigenvalue weighted by atomic mass is 9.85. The van der Waals surface area contributed by atoms with Crippen LogP contribution >= 0.6 is 0 Å². The number of para-hydroxylation sites is 2. The molecule has 4 rings (SSSR count). The van der Waals surface area contributed by atoms with Crippen LogP contribution < -0.4 is 4.90 Å². The zero-order valence-corrected chi connectivity index (χ0v) is 13.8. The van der Waals surface area contributed by atoms with Gasteiger partial charge in [-0.3, -0.25) is 10.1 Å². The number of nitro groups is 1. The van der Waals surface area contributed by atoms with Crippen molar-refractivity contribution >= 4 is 22.2 Å². The lowest BCUT2D eigenvalue weighted by molar-refractivity contribution is -0.481. The zero-order valence-electron chi connectivity index (χ0n) is 13.8. The second-order valence-corrected chi connectivity index (χ2v) is 6.21. The molecule has 0 N–H and O–H groups in total. The van der Waals surface area contributed by atoms with Crippen LogP contribution in [0.1, 0.15) is 17.2 Å². The van der Waals surface area contributed by atoms with Crippen LogP contribution in [-0.2, 0) is 0 Å². The third-order valence-corrected chi connectivity index (χ3v) is 4.63. The predicted octanol–water partition coefficient (Wildman–Crippen LogP) is 4.09. The molecule has 5 nitrogen and oxygen atoms in total.